The maximum Gasteiger partial charge on any atom is 0.130 e. The van der Waals surface area contributed by atoms with Crippen LogP contribution in [0.4, 0.5) is 5.82 Å². The molecule has 142 valence electrons. The van der Waals surface area contributed by atoms with Crippen LogP contribution in [0.1, 0.15) is 18.9 Å². The van der Waals surface area contributed by atoms with Gasteiger partial charge in [-0.15, -0.1) is 0 Å². The molecule has 4 heterocycles. The lowest BCUT2D eigenvalue weighted by molar-refractivity contribution is 0.474. The zero-order chi connectivity index (χ0) is 19.4. The van der Waals surface area contributed by atoms with E-state index in [0.717, 1.165) is 57.7 Å². The van der Waals surface area contributed by atoms with E-state index >= 15 is 0 Å². The zero-order valence-electron chi connectivity index (χ0n) is 16.3. The minimum atomic E-state index is 0.230. The Labute approximate surface area is 163 Å². The number of phenolic OH excluding ortho intramolecular Hbond substituents is 1. The SMILES string of the molecule is Cc1c(O)c(-c2ccc3nc(N4CC[C@H](C)C4)ccc3n2)cc2cn(C)nc12. The van der Waals surface area contributed by atoms with Crippen molar-refractivity contribution in [1.82, 2.24) is 19.7 Å². The second-order valence-corrected chi connectivity index (χ2v) is 7.88. The van der Waals surface area contributed by atoms with Crippen LogP contribution in [0.15, 0.2) is 36.5 Å². The van der Waals surface area contributed by atoms with Crippen LogP contribution in [0.3, 0.4) is 0 Å². The van der Waals surface area contributed by atoms with E-state index in [0.29, 0.717) is 5.92 Å². The van der Waals surface area contributed by atoms with Crippen molar-refractivity contribution < 1.29 is 5.11 Å². The van der Waals surface area contributed by atoms with Crippen molar-refractivity contribution in [3.63, 3.8) is 0 Å². The summed E-state index contributed by atoms with van der Waals surface area (Å²) in [4.78, 5) is 11.9. The van der Waals surface area contributed by atoms with Crippen LogP contribution in [0.5, 0.6) is 5.75 Å². The van der Waals surface area contributed by atoms with Gasteiger partial charge in [0.05, 0.1) is 22.2 Å². The first kappa shape index (κ1) is 17.0. The van der Waals surface area contributed by atoms with Crippen molar-refractivity contribution in [2.24, 2.45) is 13.0 Å². The Kier molecular flexibility index (Phi) is 3.75. The number of rotatable bonds is 2. The third-order valence-electron chi connectivity index (χ3n) is 5.67. The number of aromatic hydroxyl groups is 1. The minimum absolute atomic E-state index is 0.230. The maximum atomic E-state index is 10.7. The van der Waals surface area contributed by atoms with Crippen LogP contribution in [0.2, 0.25) is 0 Å². The largest absolute Gasteiger partial charge is 0.507 e. The Morgan fingerprint density at radius 2 is 1.89 bits per heavy atom. The molecule has 0 amide bonds. The van der Waals surface area contributed by atoms with Crippen molar-refractivity contribution in [1.29, 1.82) is 0 Å². The normalized spacial score (nSPS) is 17.1. The summed E-state index contributed by atoms with van der Waals surface area (Å²) in [6, 6.07) is 9.95. The summed E-state index contributed by atoms with van der Waals surface area (Å²) in [6.07, 6.45) is 3.17. The first-order valence-corrected chi connectivity index (χ1v) is 9.68. The predicted molar refractivity (Wildman–Crippen MR) is 112 cm³/mol. The van der Waals surface area contributed by atoms with Gasteiger partial charge >= 0.3 is 0 Å². The number of aryl methyl sites for hydroxylation is 2. The van der Waals surface area contributed by atoms with E-state index in [-0.39, 0.29) is 5.75 Å². The Bertz CT molecular complexity index is 1210. The number of benzene rings is 1. The fraction of sp³-hybridized carbons (Fsp3) is 0.318. The lowest BCUT2D eigenvalue weighted by Gasteiger charge is -2.17. The molecule has 1 N–H and O–H groups in total. The topological polar surface area (TPSA) is 67.1 Å². The predicted octanol–water partition coefficient (Wildman–Crippen LogP) is 4.04. The van der Waals surface area contributed by atoms with Gasteiger partial charge in [0.25, 0.3) is 0 Å². The van der Waals surface area contributed by atoms with Crippen LogP contribution in [0.25, 0.3) is 33.2 Å². The third kappa shape index (κ3) is 2.68. The quantitative estimate of drug-likeness (QED) is 0.574. The molecule has 1 aliphatic rings. The molecule has 0 unspecified atom stereocenters. The molecule has 0 aliphatic carbocycles. The lowest BCUT2D eigenvalue weighted by Crippen LogP contribution is -2.20. The molecule has 0 spiro atoms. The Morgan fingerprint density at radius 3 is 2.68 bits per heavy atom. The fourth-order valence-corrected chi connectivity index (χ4v) is 4.11. The van der Waals surface area contributed by atoms with Crippen LogP contribution in [-0.2, 0) is 7.05 Å². The average Bonchev–Trinajstić information content (AvgIpc) is 3.29. The molecule has 1 aliphatic heterocycles. The van der Waals surface area contributed by atoms with E-state index in [1.165, 1.54) is 6.42 Å². The van der Waals surface area contributed by atoms with Gasteiger partial charge in [-0.05, 0) is 49.6 Å². The van der Waals surface area contributed by atoms with Gasteiger partial charge in [0, 0.05) is 42.8 Å². The van der Waals surface area contributed by atoms with Crippen molar-refractivity contribution in [3.05, 3.63) is 42.1 Å². The van der Waals surface area contributed by atoms with Crippen LogP contribution in [-0.4, -0.2) is 37.9 Å². The number of pyridine rings is 2. The lowest BCUT2D eigenvalue weighted by atomic mass is 10.0. The number of fused-ring (bicyclic) bond motifs is 2. The first-order valence-electron chi connectivity index (χ1n) is 9.68. The molecule has 1 saturated heterocycles. The summed E-state index contributed by atoms with van der Waals surface area (Å²) < 4.78 is 1.76. The summed E-state index contributed by atoms with van der Waals surface area (Å²) in [6.45, 7) is 6.29. The van der Waals surface area contributed by atoms with Gasteiger partial charge in [-0.2, -0.15) is 5.10 Å². The van der Waals surface area contributed by atoms with Crippen molar-refractivity contribution in [2.75, 3.05) is 18.0 Å². The van der Waals surface area contributed by atoms with E-state index in [4.69, 9.17) is 9.97 Å². The van der Waals surface area contributed by atoms with E-state index in [9.17, 15) is 5.11 Å². The number of anilines is 1. The summed E-state index contributed by atoms with van der Waals surface area (Å²) >= 11 is 0. The zero-order valence-corrected chi connectivity index (χ0v) is 16.3. The Hall–Kier alpha value is -3.15. The molecule has 4 aromatic rings. The van der Waals surface area contributed by atoms with Gasteiger partial charge in [-0.25, -0.2) is 9.97 Å². The highest BCUT2D eigenvalue weighted by molar-refractivity contribution is 5.91. The molecule has 1 aromatic carbocycles. The molecule has 6 heteroatoms. The second-order valence-electron chi connectivity index (χ2n) is 7.88. The molecule has 28 heavy (non-hydrogen) atoms. The molecule has 5 rings (SSSR count). The molecule has 1 fully saturated rings. The van der Waals surface area contributed by atoms with Crippen molar-refractivity contribution >= 4 is 27.8 Å². The molecular formula is C22H23N5O. The number of hydrogen-bond donors (Lipinski definition) is 1. The third-order valence-corrected chi connectivity index (χ3v) is 5.67. The van der Waals surface area contributed by atoms with Crippen LogP contribution >= 0.6 is 0 Å². The van der Waals surface area contributed by atoms with Gasteiger partial charge in [0.15, 0.2) is 0 Å². The monoisotopic (exact) mass is 373 g/mol. The molecular weight excluding hydrogens is 350 g/mol. The molecule has 1 atom stereocenters. The van der Waals surface area contributed by atoms with Gasteiger partial charge in [-0.3, -0.25) is 4.68 Å². The molecule has 0 radical (unpaired) electrons. The molecule has 0 bridgehead atoms. The minimum Gasteiger partial charge on any atom is -0.507 e. The maximum absolute atomic E-state index is 10.7. The number of aromatic nitrogens is 4. The smallest absolute Gasteiger partial charge is 0.130 e. The molecule has 6 nitrogen and oxygen atoms in total. The van der Waals surface area contributed by atoms with E-state index in [2.05, 4.69) is 16.9 Å². The number of hydrogen-bond acceptors (Lipinski definition) is 5. The van der Waals surface area contributed by atoms with Gasteiger partial charge in [-0.1, -0.05) is 6.92 Å². The van der Waals surface area contributed by atoms with Crippen molar-refractivity contribution in [3.8, 4) is 17.0 Å². The molecule has 0 saturated carbocycles. The van der Waals surface area contributed by atoms with E-state index < -0.39 is 0 Å². The standard InChI is InChI=1S/C22H23N5O/c1-13-8-9-27(11-13)20-7-6-18-19(24-20)5-4-17(23-18)16-10-15-12-26(3)25-21(15)14(2)22(16)28/h4-7,10,12-13,28H,8-9,11H2,1-3H3/t13-/m0/s1. The summed E-state index contributed by atoms with van der Waals surface area (Å²) in [5.74, 6) is 1.96. The van der Waals surface area contributed by atoms with E-state index in [1.54, 1.807) is 4.68 Å². The number of nitrogens with zero attached hydrogens (tertiary/aromatic N) is 5. The van der Waals surface area contributed by atoms with Crippen LogP contribution in [0, 0.1) is 12.8 Å². The van der Waals surface area contributed by atoms with Gasteiger partial charge < -0.3 is 10.0 Å². The number of phenols is 1. The van der Waals surface area contributed by atoms with Crippen LogP contribution < -0.4 is 4.90 Å². The Morgan fingerprint density at radius 1 is 1.11 bits per heavy atom. The fourth-order valence-electron chi connectivity index (χ4n) is 4.11. The van der Waals surface area contributed by atoms with Gasteiger partial charge in [0.2, 0.25) is 0 Å². The summed E-state index contributed by atoms with van der Waals surface area (Å²) in [7, 11) is 1.88. The summed E-state index contributed by atoms with van der Waals surface area (Å²) in [5.41, 5.74) is 4.75. The summed E-state index contributed by atoms with van der Waals surface area (Å²) in [5, 5.41) is 16.2. The first-order chi connectivity index (χ1) is 13.5. The van der Waals surface area contributed by atoms with E-state index in [1.807, 2.05) is 50.5 Å². The Balaban J connectivity index is 1.58. The van der Waals surface area contributed by atoms with Crippen molar-refractivity contribution in [2.45, 2.75) is 20.3 Å². The second kappa shape index (κ2) is 6.19. The highest BCUT2D eigenvalue weighted by Gasteiger charge is 2.20. The average molecular weight is 373 g/mol. The van der Waals surface area contributed by atoms with Gasteiger partial charge in [0.1, 0.15) is 11.6 Å². The highest BCUT2D eigenvalue weighted by Crippen LogP contribution is 2.36. The molecule has 3 aromatic heterocycles. The highest BCUT2D eigenvalue weighted by atomic mass is 16.3.